The van der Waals surface area contributed by atoms with Gasteiger partial charge in [0.05, 0.1) is 0 Å². The molecule has 2 aliphatic carbocycles. The van der Waals surface area contributed by atoms with Gasteiger partial charge in [-0.15, -0.1) is 25.0 Å². The Hall–Kier alpha value is -3.61. The fraction of sp³-hybridized carbons (Fsp3) is 0.0667. The van der Waals surface area contributed by atoms with Crippen molar-refractivity contribution < 1.29 is 39.3 Å². The maximum absolute atomic E-state index is 13.9. The van der Waals surface area contributed by atoms with E-state index in [9.17, 15) is 17.6 Å². The quantitative estimate of drug-likeness (QED) is 0.138. The molecule has 0 radical (unpaired) electrons. The van der Waals surface area contributed by atoms with E-state index < -0.39 is 23.2 Å². The van der Waals surface area contributed by atoms with Crippen LogP contribution < -0.4 is 0 Å². The number of aromatic nitrogens is 2. The first-order chi connectivity index (χ1) is 17.4. The molecule has 0 spiro atoms. The molecule has 6 rings (SSSR count). The van der Waals surface area contributed by atoms with Gasteiger partial charge in [-0.1, -0.05) is 12.2 Å². The zero-order chi connectivity index (χ0) is 25.7. The van der Waals surface area contributed by atoms with E-state index in [1.54, 1.807) is 49.1 Å². The average Bonchev–Trinajstić information content (AvgIpc) is 3.71. The zero-order valence-electron chi connectivity index (χ0n) is 19.9. The molecule has 0 fully saturated rings. The van der Waals surface area contributed by atoms with E-state index in [1.807, 2.05) is 60.7 Å². The van der Waals surface area contributed by atoms with Crippen molar-refractivity contribution in [2.45, 2.75) is 11.6 Å². The van der Waals surface area contributed by atoms with Crippen molar-refractivity contribution >= 4 is 0 Å². The third-order valence-corrected chi connectivity index (χ3v) is 4.96. The summed E-state index contributed by atoms with van der Waals surface area (Å²) in [5.41, 5.74) is 0. The van der Waals surface area contributed by atoms with Gasteiger partial charge < -0.3 is 9.13 Å². The molecule has 0 aliphatic heterocycles. The van der Waals surface area contributed by atoms with Crippen LogP contribution in [0, 0.1) is 12.8 Å². The van der Waals surface area contributed by atoms with Gasteiger partial charge in [0, 0.05) is 24.8 Å². The molecule has 7 heteroatoms. The standard InChI is InChI=1S/2C10H8F2N.2C5H5.Ti/c2*11-9-4-3-5-10(12,8-9)13-6-1-2-7-13;2*1-2-4-5-3-1;/h2*1-8H;2*1-5H;/q4*-1;+4. The largest absolute Gasteiger partial charge is 4.00 e. The molecule has 2 atom stereocenters. The minimum absolute atomic E-state index is 0. The van der Waals surface area contributed by atoms with Crippen LogP contribution in [0.25, 0.3) is 0 Å². The second kappa shape index (κ2) is 14.8. The van der Waals surface area contributed by atoms with Crippen molar-refractivity contribution in [3.63, 3.8) is 0 Å². The van der Waals surface area contributed by atoms with Gasteiger partial charge >= 0.3 is 21.7 Å². The first kappa shape index (κ1) is 29.6. The molecule has 2 heterocycles. The SMILES string of the molecule is FC1=CC=CC(F)(n2cccc2)[CH-]1.FC1=CC=CC(F)(n2cccc2)[CH-]1.[Ti+4].c1cc[cH-]c1.c1cc[cH-]c1. The summed E-state index contributed by atoms with van der Waals surface area (Å²) >= 11 is 0. The van der Waals surface area contributed by atoms with E-state index in [1.165, 1.54) is 45.6 Å². The van der Waals surface area contributed by atoms with Crippen LogP contribution in [0.3, 0.4) is 0 Å². The van der Waals surface area contributed by atoms with Gasteiger partial charge in [-0.05, 0) is 35.9 Å². The first-order valence-electron chi connectivity index (χ1n) is 11.2. The third kappa shape index (κ3) is 9.41. The van der Waals surface area contributed by atoms with Crippen LogP contribution in [0.5, 0.6) is 0 Å². The normalized spacial score (nSPS) is 21.0. The maximum Gasteiger partial charge on any atom is 4.00 e. The second-order valence-corrected chi connectivity index (χ2v) is 7.67. The van der Waals surface area contributed by atoms with Crippen molar-refractivity contribution in [2.75, 3.05) is 0 Å². The Kier molecular flexibility index (Phi) is 11.9. The number of hydrogen-bond acceptors (Lipinski definition) is 0. The van der Waals surface area contributed by atoms with Crippen molar-refractivity contribution in [2.24, 2.45) is 0 Å². The summed E-state index contributed by atoms with van der Waals surface area (Å²) in [4.78, 5) is 0. The minimum atomic E-state index is -1.86. The van der Waals surface area contributed by atoms with Gasteiger partial charge in [0.2, 0.25) is 0 Å². The molecule has 2 unspecified atom stereocenters. The molecule has 0 saturated carbocycles. The van der Waals surface area contributed by atoms with E-state index in [0.717, 1.165) is 12.8 Å². The fourth-order valence-corrected chi connectivity index (χ4v) is 3.22. The average molecular weight is 538 g/mol. The molecule has 2 aromatic carbocycles. The van der Waals surface area contributed by atoms with Crippen LogP contribution in [-0.2, 0) is 33.3 Å². The Morgan fingerprint density at radius 3 is 1.11 bits per heavy atom. The summed E-state index contributed by atoms with van der Waals surface area (Å²) in [6.45, 7) is 0. The van der Waals surface area contributed by atoms with Crippen molar-refractivity contribution in [1.29, 1.82) is 0 Å². The van der Waals surface area contributed by atoms with E-state index in [0.29, 0.717) is 0 Å². The van der Waals surface area contributed by atoms with Crippen LogP contribution >= 0.6 is 0 Å². The Balaban J connectivity index is 0.000000187. The molecule has 188 valence electrons. The summed E-state index contributed by atoms with van der Waals surface area (Å²) in [6.07, 6.45) is 15.9. The Labute approximate surface area is 230 Å². The molecule has 4 aromatic rings. The molecule has 2 aliphatic rings. The number of nitrogens with zero attached hydrogens (tertiary/aromatic N) is 2. The summed E-state index contributed by atoms with van der Waals surface area (Å²) in [5, 5.41) is 0. The molecule has 0 amide bonds. The molecular weight excluding hydrogens is 512 g/mol. The molecule has 0 bridgehead atoms. The number of rotatable bonds is 2. The molecule has 2 nitrogen and oxygen atoms in total. The third-order valence-electron chi connectivity index (χ3n) is 4.96. The van der Waals surface area contributed by atoms with Crippen molar-refractivity contribution in [1.82, 2.24) is 9.13 Å². The van der Waals surface area contributed by atoms with Gasteiger partial charge in [-0.3, -0.25) is 0 Å². The van der Waals surface area contributed by atoms with Gasteiger partial charge in [0.1, 0.15) is 0 Å². The summed E-state index contributed by atoms with van der Waals surface area (Å²) in [6, 6.07) is 26.8. The monoisotopic (exact) mass is 538 g/mol. The zero-order valence-corrected chi connectivity index (χ0v) is 21.5. The molecular formula is C30H26F4N2Ti. The summed E-state index contributed by atoms with van der Waals surface area (Å²) < 4.78 is 56.0. The summed E-state index contributed by atoms with van der Waals surface area (Å²) in [5.74, 6) is -4.83. The molecule has 2 aromatic heterocycles. The topological polar surface area (TPSA) is 9.86 Å². The smallest absolute Gasteiger partial charge is 0.329 e. The molecule has 0 saturated heterocycles. The predicted octanol–water partition coefficient (Wildman–Crippen LogP) is 8.28. The van der Waals surface area contributed by atoms with Crippen LogP contribution in [0.4, 0.5) is 17.6 Å². The number of hydrogen-bond donors (Lipinski definition) is 0. The second-order valence-electron chi connectivity index (χ2n) is 7.67. The predicted molar refractivity (Wildman–Crippen MR) is 136 cm³/mol. The van der Waals surface area contributed by atoms with Crippen molar-refractivity contribution in [3.05, 3.63) is 171 Å². The van der Waals surface area contributed by atoms with Crippen LogP contribution in [0.1, 0.15) is 0 Å². The Bertz CT molecular complexity index is 1090. The number of alkyl halides is 2. The fourth-order valence-electron chi connectivity index (χ4n) is 3.22. The number of allylic oxidation sites excluding steroid dienone is 8. The van der Waals surface area contributed by atoms with Crippen molar-refractivity contribution in [3.8, 4) is 0 Å². The molecule has 0 N–H and O–H groups in total. The number of halogens is 4. The van der Waals surface area contributed by atoms with Gasteiger partial charge in [-0.2, -0.15) is 48.6 Å². The van der Waals surface area contributed by atoms with E-state index in [4.69, 9.17) is 0 Å². The van der Waals surface area contributed by atoms with E-state index in [2.05, 4.69) is 0 Å². The van der Waals surface area contributed by atoms with Gasteiger partial charge in [0.25, 0.3) is 0 Å². The minimum Gasteiger partial charge on any atom is -0.329 e. The van der Waals surface area contributed by atoms with Crippen LogP contribution in [-0.4, -0.2) is 9.13 Å². The van der Waals surface area contributed by atoms with E-state index >= 15 is 0 Å². The van der Waals surface area contributed by atoms with Crippen LogP contribution in [0.2, 0.25) is 0 Å². The molecule has 37 heavy (non-hydrogen) atoms. The first-order valence-corrected chi connectivity index (χ1v) is 11.2. The Morgan fingerprint density at radius 2 is 0.865 bits per heavy atom. The van der Waals surface area contributed by atoms with Crippen LogP contribution in [0.15, 0.2) is 158 Å². The Morgan fingerprint density at radius 1 is 0.541 bits per heavy atom. The van der Waals surface area contributed by atoms with Gasteiger partial charge in [0.15, 0.2) is 11.6 Å². The van der Waals surface area contributed by atoms with E-state index in [-0.39, 0.29) is 21.7 Å². The maximum atomic E-state index is 13.9. The summed E-state index contributed by atoms with van der Waals surface area (Å²) in [7, 11) is 0. The van der Waals surface area contributed by atoms with Gasteiger partial charge in [-0.25, -0.2) is 41.8 Å².